The molecule has 1 rings (SSSR count). The molecule has 108 valence electrons. The molecule has 2 atom stereocenters. The Labute approximate surface area is 117 Å². The molecule has 0 aliphatic carbocycles. The zero-order valence-corrected chi connectivity index (χ0v) is 12.2. The van der Waals surface area contributed by atoms with Crippen LogP contribution in [0.15, 0.2) is 24.3 Å². The Bertz CT molecular complexity index is 393. The van der Waals surface area contributed by atoms with Crippen LogP contribution in [0, 0.1) is 0 Å². The van der Waals surface area contributed by atoms with Gasteiger partial charge in [-0.3, -0.25) is 0 Å². The second kappa shape index (κ2) is 7.20. The molecule has 5 heteroatoms. The van der Waals surface area contributed by atoms with Gasteiger partial charge in [-0.1, -0.05) is 25.1 Å². The van der Waals surface area contributed by atoms with Crippen LogP contribution in [0.2, 0.25) is 0 Å². The van der Waals surface area contributed by atoms with E-state index in [-0.39, 0.29) is 12.1 Å². The van der Waals surface area contributed by atoms with E-state index in [1.54, 1.807) is 30.8 Å². The monoisotopic (exact) mass is 291 g/mol. The highest BCUT2D eigenvalue weighted by atomic mass is 32.2. The third-order valence-corrected chi connectivity index (χ3v) is 3.81. The Morgan fingerprint density at radius 2 is 1.89 bits per heavy atom. The number of hydrogen-bond donors (Lipinski definition) is 1. The van der Waals surface area contributed by atoms with E-state index in [9.17, 15) is 13.2 Å². The van der Waals surface area contributed by atoms with E-state index in [0.29, 0.717) is 5.56 Å². The van der Waals surface area contributed by atoms with Crippen LogP contribution in [0.5, 0.6) is 0 Å². The number of halogens is 3. The van der Waals surface area contributed by atoms with Crippen LogP contribution in [0.4, 0.5) is 13.2 Å². The Kier molecular flexibility index (Phi) is 6.20. The van der Waals surface area contributed by atoms with E-state index in [1.165, 1.54) is 6.07 Å². The smallest absolute Gasteiger partial charge is 0.307 e. The van der Waals surface area contributed by atoms with Crippen LogP contribution < -0.4 is 5.32 Å². The van der Waals surface area contributed by atoms with Crippen LogP contribution in [-0.4, -0.2) is 18.1 Å². The summed E-state index contributed by atoms with van der Waals surface area (Å²) in [7, 11) is 0. The number of thioether (sulfide) groups is 1. The van der Waals surface area contributed by atoms with Gasteiger partial charge in [0.15, 0.2) is 0 Å². The fourth-order valence-electron chi connectivity index (χ4n) is 2.06. The summed E-state index contributed by atoms with van der Waals surface area (Å²) >= 11 is 1.70. The fourth-order valence-corrected chi connectivity index (χ4v) is 2.80. The minimum absolute atomic E-state index is 0.228. The second-order valence-electron chi connectivity index (χ2n) is 4.53. The molecule has 1 aromatic carbocycles. The van der Waals surface area contributed by atoms with Crippen molar-refractivity contribution in [2.45, 2.75) is 38.5 Å². The average molecular weight is 291 g/mol. The molecule has 0 radical (unpaired) electrons. The molecular formula is C14H20F3NS. The lowest BCUT2D eigenvalue weighted by Gasteiger charge is -2.24. The highest BCUT2D eigenvalue weighted by Gasteiger charge is 2.34. The molecule has 0 fully saturated rings. The van der Waals surface area contributed by atoms with Gasteiger partial charge in [-0.05, 0) is 31.2 Å². The molecule has 0 bridgehead atoms. The molecule has 0 saturated heterocycles. The molecular weight excluding hydrogens is 271 g/mol. The van der Waals surface area contributed by atoms with Gasteiger partial charge in [0, 0.05) is 17.8 Å². The van der Waals surface area contributed by atoms with Gasteiger partial charge >= 0.3 is 6.18 Å². The molecule has 0 aromatic heterocycles. The Morgan fingerprint density at radius 1 is 1.26 bits per heavy atom. The molecule has 0 heterocycles. The van der Waals surface area contributed by atoms with E-state index in [2.05, 4.69) is 5.32 Å². The summed E-state index contributed by atoms with van der Waals surface area (Å²) in [5, 5.41) is 3.28. The quantitative estimate of drug-likeness (QED) is 0.828. The summed E-state index contributed by atoms with van der Waals surface area (Å²) in [5.41, 5.74) is -0.233. The standard InChI is InChI=1S/C14H20F3NS/c1-4-11(9-19-3)18-10(2)12-7-5-6-8-13(12)14(15,16)17/h5-8,10-11,18H,4,9H2,1-3H3. The maximum atomic E-state index is 12.9. The number of rotatable bonds is 6. The van der Waals surface area contributed by atoms with Gasteiger partial charge in [0.1, 0.15) is 0 Å². The first-order valence-corrected chi connectivity index (χ1v) is 7.70. The summed E-state index contributed by atoms with van der Waals surface area (Å²) in [5.74, 6) is 0.898. The van der Waals surface area contributed by atoms with E-state index >= 15 is 0 Å². The molecule has 0 spiro atoms. The van der Waals surface area contributed by atoms with E-state index in [0.717, 1.165) is 18.2 Å². The first kappa shape index (κ1) is 16.4. The predicted molar refractivity (Wildman–Crippen MR) is 75.5 cm³/mol. The normalized spacial score (nSPS) is 15.3. The van der Waals surface area contributed by atoms with Gasteiger partial charge < -0.3 is 5.32 Å². The van der Waals surface area contributed by atoms with Gasteiger partial charge in [0.2, 0.25) is 0 Å². The zero-order valence-electron chi connectivity index (χ0n) is 11.4. The third kappa shape index (κ3) is 4.73. The molecule has 0 aliphatic rings. The molecule has 0 saturated carbocycles. The molecule has 0 aliphatic heterocycles. The van der Waals surface area contributed by atoms with Crippen molar-refractivity contribution in [2.75, 3.05) is 12.0 Å². The SMILES string of the molecule is CCC(CSC)NC(C)c1ccccc1C(F)(F)F. The van der Waals surface area contributed by atoms with Crippen LogP contribution in [0.3, 0.4) is 0 Å². The van der Waals surface area contributed by atoms with Gasteiger partial charge in [-0.25, -0.2) is 0 Å². The van der Waals surface area contributed by atoms with Crippen molar-refractivity contribution in [1.29, 1.82) is 0 Å². The van der Waals surface area contributed by atoms with Crippen molar-refractivity contribution < 1.29 is 13.2 Å². The van der Waals surface area contributed by atoms with E-state index in [4.69, 9.17) is 0 Å². The molecule has 2 unspecified atom stereocenters. The number of hydrogen-bond acceptors (Lipinski definition) is 2. The zero-order chi connectivity index (χ0) is 14.5. The van der Waals surface area contributed by atoms with Crippen molar-refractivity contribution in [3.8, 4) is 0 Å². The van der Waals surface area contributed by atoms with Gasteiger partial charge in [0.25, 0.3) is 0 Å². The van der Waals surface area contributed by atoms with Crippen molar-refractivity contribution in [1.82, 2.24) is 5.32 Å². The fraction of sp³-hybridized carbons (Fsp3) is 0.571. The van der Waals surface area contributed by atoms with Crippen LogP contribution in [-0.2, 0) is 6.18 Å². The van der Waals surface area contributed by atoms with Gasteiger partial charge in [-0.2, -0.15) is 24.9 Å². The van der Waals surface area contributed by atoms with Crippen molar-refractivity contribution in [3.05, 3.63) is 35.4 Å². The van der Waals surface area contributed by atoms with Crippen LogP contribution in [0.1, 0.15) is 37.4 Å². The maximum Gasteiger partial charge on any atom is 0.416 e. The van der Waals surface area contributed by atoms with Crippen LogP contribution >= 0.6 is 11.8 Å². The number of alkyl halides is 3. The van der Waals surface area contributed by atoms with Crippen molar-refractivity contribution in [2.24, 2.45) is 0 Å². The number of benzene rings is 1. The molecule has 1 N–H and O–H groups in total. The first-order valence-electron chi connectivity index (χ1n) is 6.31. The lowest BCUT2D eigenvalue weighted by Crippen LogP contribution is -2.33. The van der Waals surface area contributed by atoms with Gasteiger partial charge in [-0.15, -0.1) is 0 Å². The van der Waals surface area contributed by atoms with E-state index in [1.807, 2.05) is 13.2 Å². The van der Waals surface area contributed by atoms with Crippen molar-refractivity contribution >= 4 is 11.8 Å². The Balaban J connectivity index is 2.90. The summed E-state index contributed by atoms with van der Waals surface area (Å²) in [6.45, 7) is 3.82. The lowest BCUT2D eigenvalue weighted by molar-refractivity contribution is -0.138. The topological polar surface area (TPSA) is 12.0 Å². The highest BCUT2D eigenvalue weighted by Crippen LogP contribution is 2.34. The minimum Gasteiger partial charge on any atom is -0.307 e. The number of nitrogens with one attached hydrogen (secondary N) is 1. The van der Waals surface area contributed by atoms with Crippen molar-refractivity contribution in [3.63, 3.8) is 0 Å². The maximum absolute atomic E-state index is 12.9. The average Bonchev–Trinajstić information content (AvgIpc) is 2.37. The summed E-state index contributed by atoms with van der Waals surface area (Å²) in [6, 6.07) is 5.69. The summed E-state index contributed by atoms with van der Waals surface area (Å²) < 4.78 is 38.8. The second-order valence-corrected chi connectivity index (χ2v) is 5.44. The molecule has 1 aromatic rings. The first-order chi connectivity index (χ1) is 8.90. The summed E-state index contributed by atoms with van der Waals surface area (Å²) in [4.78, 5) is 0. The highest BCUT2D eigenvalue weighted by molar-refractivity contribution is 7.98. The van der Waals surface area contributed by atoms with Gasteiger partial charge in [0.05, 0.1) is 5.56 Å². The molecule has 0 amide bonds. The Hall–Kier alpha value is -0.680. The predicted octanol–water partition coefficient (Wildman–Crippen LogP) is 4.50. The molecule has 1 nitrogen and oxygen atoms in total. The lowest BCUT2D eigenvalue weighted by atomic mass is 10.00. The van der Waals surface area contributed by atoms with Crippen LogP contribution in [0.25, 0.3) is 0 Å². The third-order valence-electron chi connectivity index (χ3n) is 3.08. The van der Waals surface area contributed by atoms with E-state index < -0.39 is 11.7 Å². The minimum atomic E-state index is -4.30. The summed E-state index contributed by atoms with van der Waals surface area (Å²) in [6.07, 6.45) is -1.40. The molecule has 19 heavy (non-hydrogen) atoms. The largest absolute Gasteiger partial charge is 0.416 e. The Morgan fingerprint density at radius 3 is 2.42 bits per heavy atom.